The van der Waals surface area contributed by atoms with Crippen LogP contribution in [0.25, 0.3) is 10.9 Å². The van der Waals surface area contributed by atoms with Crippen molar-refractivity contribution >= 4 is 34.3 Å². The van der Waals surface area contributed by atoms with E-state index in [2.05, 4.69) is 19.8 Å². The normalized spacial score (nSPS) is 16.6. The number of aromatic nitrogens is 2. The molecular formula is C20H15F2N3O4S. The number of nitrogens with one attached hydrogen (secondary N) is 1. The predicted molar refractivity (Wildman–Crippen MR) is 106 cm³/mol. The van der Waals surface area contributed by atoms with Gasteiger partial charge in [0.2, 0.25) is 5.91 Å². The number of ether oxygens (including phenoxy) is 2. The molecule has 2 aliphatic rings. The van der Waals surface area contributed by atoms with Crippen molar-refractivity contribution in [1.82, 2.24) is 9.55 Å². The average molecular weight is 431 g/mol. The van der Waals surface area contributed by atoms with Crippen LogP contribution in [0.15, 0.2) is 52.4 Å². The number of carbonyl (C=O) groups excluding carboxylic acids is 1. The van der Waals surface area contributed by atoms with E-state index in [4.69, 9.17) is 0 Å². The number of benzene rings is 2. The first-order valence-corrected chi connectivity index (χ1v) is 10.2. The molecule has 1 aliphatic heterocycles. The minimum absolute atomic E-state index is 0.00209. The van der Waals surface area contributed by atoms with E-state index in [1.54, 1.807) is 28.8 Å². The summed E-state index contributed by atoms with van der Waals surface area (Å²) in [5.74, 6) is -0.608. The fourth-order valence-corrected chi connectivity index (χ4v) is 4.10. The van der Waals surface area contributed by atoms with Crippen LogP contribution in [0.5, 0.6) is 11.5 Å². The van der Waals surface area contributed by atoms with E-state index in [0.29, 0.717) is 21.7 Å². The van der Waals surface area contributed by atoms with Gasteiger partial charge in [-0.05, 0) is 37.1 Å². The molecule has 2 heterocycles. The summed E-state index contributed by atoms with van der Waals surface area (Å²) >= 11 is 1.16. The number of amides is 1. The van der Waals surface area contributed by atoms with Gasteiger partial charge in [-0.3, -0.25) is 14.2 Å². The molecule has 0 bridgehead atoms. The van der Waals surface area contributed by atoms with Crippen LogP contribution in [0, 0.1) is 0 Å². The van der Waals surface area contributed by atoms with Gasteiger partial charge in [-0.1, -0.05) is 23.9 Å². The Balaban J connectivity index is 1.32. The van der Waals surface area contributed by atoms with E-state index < -0.39 is 6.29 Å². The molecule has 1 amide bonds. The van der Waals surface area contributed by atoms with Gasteiger partial charge in [-0.15, -0.1) is 8.78 Å². The molecule has 0 saturated heterocycles. The van der Waals surface area contributed by atoms with Gasteiger partial charge >= 0.3 is 6.29 Å². The summed E-state index contributed by atoms with van der Waals surface area (Å²) in [5.41, 5.74) is 0.772. The van der Waals surface area contributed by atoms with Gasteiger partial charge in [0.05, 0.1) is 16.7 Å². The van der Waals surface area contributed by atoms with Crippen molar-refractivity contribution < 1.29 is 23.0 Å². The van der Waals surface area contributed by atoms with Crippen LogP contribution >= 0.6 is 11.8 Å². The van der Waals surface area contributed by atoms with Gasteiger partial charge < -0.3 is 14.8 Å². The number of fused-ring (bicyclic) bond motifs is 2. The Bertz CT molecular complexity index is 1230. The van der Waals surface area contributed by atoms with Gasteiger partial charge in [0, 0.05) is 17.8 Å². The fraction of sp³-hybridized carbons (Fsp3) is 0.250. The first kappa shape index (κ1) is 18.9. The van der Waals surface area contributed by atoms with Gasteiger partial charge in [-0.2, -0.15) is 0 Å². The summed E-state index contributed by atoms with van der Waals surface area (Å²) in [6, 6.07) is 11.2. The molecule has 1 fully saturated rings. The number of halogens is 2. The molecule has 154 valence electrons. The lowest BCUT2D eigenvalue weighted by molar-refractivity contribution is -0.286. The number of anilines is 1. The van der Waals surface area contributed by atoms with Crippen LogP contribution in [0.4, 0.5) is 14.5 Å². The molecule has 0 unspecified atom stereocenters. The standard InChI is InChI=1S/C20H15F2N3O4S/c21-20(22)28-15-8-5-11(9-16(15)29-20)23-17(26)10-30-19-24-14-4-2-1-3-13(14)18(27)25(19)12-6-7-12/h1-5,8-9,12H,6-7,10H2,(H,23,26). The van der Waals surface area contributed by atoms with E-state index in [9.17, 15) is 18.4 Å². The Morgan fingerprint density at radius 3 is 2.77 bits per heavy atom. The summed E-state index contributed by atoms with van der Waals surface area (Å²) < 4.78 is 36.6. The Labute approximate surface area is 173 Å². The average Bonchev–Trinajstić information content (AvgIpc) is 3.48. The second-order valence-corrected chi connectivity index (χ2v) is 7.93. The number of thioether (sulfide) groups is 1. The highest BCUT2D eigenvalue weighted by Crippen LogP contribution is 2.42. The molecule has 5 rings (SSSR count). The first-order valence-electron chi connectivity index (χ1n) is 9.23. The van der Waals surface area contributed by atoms with Gasteiger partial charge in [0.15, 0.2) is 16.7 Å². The highest BCUT2D eigenvalue weighted by molar-refractivity contribution is 7.99. The minimum Gasteiger partial charge on any atom is -0.395 e. The Morgan fingerprint density at radius 2 is 1.97 bits per heavy atom. The molecule has 7 nitrogen and oxygen atoms in total. The SMILES string of the molecule is O=C(CSc1nc2ccccc2c(=O)n1C1CC1)Nc1ccc2c(c1)OC(F)(F)O2. The zero-order valence-electron chi connectivity index (χ0n) is 15.4. The molecule has 1 saturated carbocycles. The van der Waals surface area contributed by atoms with Crippen LogP contribution in [0.1, 0.15) is 18.9 Å². The predicted octanol–water partition coefficient (Wildman–Crippen LogP) is 3.78. The van der Waals surface area contributed by atoms with Crippen molar-refractivity contribution in [2.24, 2.45) is 0 Å². The molecule has 3 aromatic rings. The lowest BCUT2D eigenvalue weighted by Crippen LogP contribution is -2.25. The molecule has 1 aromatic heterocycles. The quantitative estimate of drug-likeness (QED) is 0.489. The summed E-state index contributed by atoms with van der Waals surface area (Å²) in [4.78, 5) is 29.8. The van der Waals surface area contributed by atoms with Crippen molar-refractivity contribution in [3.8, 4) is 11.5 Å². The topological polar surface area (TPSA) is 82.5 Å². The van der Waals surface area contributed by atoms with E-state index in [1.807, 2.05) is 0 Å². The highest BCUT2D eigenvalue weighted by atomic mass is 32.2. The van der Waals surface area contributed by atoms with E-state index >= 15 is 0 Å². The molecule has 1 N–H and O–H groups in total. The maximum absolute atomic E-state index is 13.1. The maximum Gasteiger partial charge on any atom is 0.586 e. The molecule has 1 aliphatic carbocycles. The van der Waals surface area contributed by atoms with E-state index in [1.165, 1.54) is 18.2 Å². The number of alkyl halides is 2. The zero-order valence-corrected chi connectivity index (χ0v) is 16.2. The van der Waals surface area contributed by atoms with Crippen molar-refractivity contribution in [1.29, 1.82) is 0 Å². The minimum atomic E-state index is -3.71. The Kier molecular flexibility index (Phi) is 4.39. The molecule has 30 heavy (non-hydrogen) atoms. The number of carbonyl (C=O) groups is 1. The summed E-state index contributed by atoms with van der Waals surface area (Å²) in [6.07, 6.45) is -1.90. The molecular weight excluding hydrogens is 416 g/mol. The second-order valence-electron chi connectivity index (χ2n) is 6.98. The van der Waals surface area contributed by atoms with Gasteiger partial charge in [0.25, 0.3) is 5.56 Å². The van der Waals surface area contributed by atoms with Crippen LogP contribution in [0.3, 0.4) is 0 Å². The molecule has 2 aromatic carbocycles. The van der Waals surface area contributed by atoms with E-state index in [0.717, 1.165) is 24.6 Å². The van der Waals surface area contributed by atoms with Crippen LogP contribution in [-0.2, 0) is 4.79 Å². The second kappa shape index (κ2) is 6.98. The van der Waals surface area contributed by atoms with Crippen LogP contribution in [-0.4, -0.2) is 27.5 Å². The molecule has 0 spiro atoms. The zero-order chi connectivity index (χ0) is 20.9. The summed E-state index contributed by atoms with van der Waals surface area (Å²) in [6.45, 7) is 0. The molecule has 0 radical (unpaired) electrons. The highest BCUT2D eigenvalue weighted by Gasteiger charge is 2.43. The molecule has 0 atom stereocenters. The number of hydrogen-bond donors (Lipinski definition) is 1. The van der Waals surface area contributed by atoms with Crippen molar-refractivity contribution in [2.45, 2.75) is 30.3 Å². The maximum atomic E-state index is 13.1. The lowest BCUT2D eigenvalue weighted by Gasteiger charge is -2.12. The first-order chi connectivity index (χ1) is 14.4. The Hall–Kier alpha value is -3.14. The largest absolute Gasteiger partial charge is 0.586 e. The monoisotopic (exact) mass is 431 g/mol. The van der Waals surface area contributed by atoms with Gasteiger partial charge in [0.1, 0.15) is 0 Å². The summed E-state index contributed by atoms with van der Waals surface area (Å²) in [7, 11) is 0. The van der Waals surface area contributed by atoms with Crippen molar-refractivity contribution in [2.75, 3.05) is 11.1 Å². The fourth-order valence-electron chi connectivity index (χ4n) is 3.24. The van der Waals surface area contributed by atoms with E-state index in [-0.39, 0.29) is 34.8 Å². The Morgan fingerprint density at radius 1 is 1.20 bits per heavy atom. The lowest BCUT2D eigenvalue weighted by atomic mass is 10.2. The number of nitrogens with zero attached hydrogens (tertiary/aromatic N) is 2. The van der Waals surface area contributed by atoms with Crippen LogP contribution < -0.4 is 20.3 Å². The third kappa shape index (κ3) is 3.58. The third-order valence-corrected chi connectivity index (χ3v) is 5.66. The number of para-hydroxylation sites is 1. The smallest absolute Gasteiger partial charge is 0.395 e. The van der Waals surface area contributed by atoms with Crippen molar-refractivity contribution in [3.05, 3.63) is 52.8 Å². The third-order valence-electron chi connectivity index (χ3n) is 4.70. The van der Waals surface area contributed by atoms with Crippen LogP contribution in [0.2, 0.25) is 0 Å². The van der Waals surface area contributed by atoms with Crippen molar-refractivity contribution in [3.63, 3.8) is 0 Å². The summed E-state index contributed by atoms with van der Waals surface area (Å²) in [5, 5.41) is 3.67. The number of hydrogen-bond acceptors (Lipinski definition) is 6. The number of rotatable bonds is 5. The molecule has 10 heteroatoms. The van der Waals surface area contributed by atoms with Gasteiger partial charge in [-0.25, -0.2) is 4.98 Å².